The number of benzene rings is 1. The van der Waals surface area contributed by atoms with E-state index in [1.807, 2.05) is 41.8 Å². The molecule has 1 saturated heterocycles. The molecule has 1 aliphatic rings. The highest BCUT2D eigenvalue weighted by Crippen LogP contribution is 2.25. The lowest BCUT2D eigenvalue weighted by Gasteiger charge is -2.33. The maximum absolute atomic E-state index is 12.6. The van der Waals surface area contributed by atoms with Crippen LogP contribution in [0.4, 0.5) is 0 Å². The number of carbonyl (C=O) groups is 2. The molecule has 0 aliphatic carbocycles. The van der Waals surface area contributed by atoms with E-state index in [4.69, 9.17) is 5.73 Å². The summed E-state index contributed by atoms with van der Waals surface area (Å²) in [4.78, 5) is 25.8. The summed E-state index contributed by atoms with van der Waals surface area (Å²) in [6.07, 6.45) is 2.48. The number of piperidine rings is 1. The van der Waals surface area contributed by atoms with Gasteiger partial charge in [-0.25, -0.2) is 0 Å². The molecule has 0 saturated carbocycles. The lowest BCUT2D eigenvalue weighted by atomic mass is 10.0. The Hall–Kier alpha value is -2.35. The van der Waals surface area contributed by atoms with Crippen molar-refractivity contribution in [3.63, 3.8) is 0 Å². The molecule has 0 spiro atoms. The number of hydrogen-bond acceptors (Lipinski definition) is 5. The lowest BCUT2D eigenvalue weighted by molar-refractivity contribution is -0.138. The third kappa shape index (κ3) is 3.90. The average Bonchev–Trinajstić information content (AvgIpc) is 3.09. The summed E-state index contributed by atoms with van der Waals surface area (Å²) in [6, 6.07) is 9.36. The highest BCUT2D eigenvalue weighted by atomic mass is 32.2. The molecule has 7 nitrogen and oxygen atoms in total. The normalized spacial score (nSPS) is 17.3. The molecule has 1 atom stereocenters. The van der Waals surface area contributed by atoms with Crippen LogP contribution in [0.2, 0.25) is 0 Å². The SMILES string of the molecule is CCn1c(SCC(=O)N2CCCC[C@H]2C(N)=O)nnc1-c1ccccc1. The topological polar surface area (TPSA) is 94.1 Å². The quantitative estimate of drug-likeness (QED) is 0.781. The fraction of sp³-hybridized carbons (Fsp3) is 0.444. The Morgan fingerprint density at radius 3 is 2.69 bits per heavy atom. The molecule has 0 bridgehead atoms. The second-order valence-corrected chi connectivity index (χ2v) is 7.15. The maximum atomic E-state index is 12.6. The van der Waals surface area contributed by atoms with Gasteiger partial charge in [0.05, 0.1) is 5.75 Å². The highest BCUT2D eigenvalue weighted by Gasteiger charge is 2.30. The Morgan fingerprint density at radius 2 is 2.00 bits per heavy atom. The summed E-state index contributed by atoms with van der Waals surface area (Å²) in [5.74, 6) is 0.504. The minimum atomic E-state index is -0.485. The fourth-order valence-corrected chi connectivity index (χ4v) is 4.10. The molecular formula is C18H23N5O2S. The van der Waals surface area contributed by atoms with Crippen molar-refractivity contribution in [3.8, 4) is 11.4 Å². The number of amides is 2. The van der Waals surface area contributed by atoms with Crippen molar-refractivity contribution in [1.82, 2.24) is 19.7 Å². The predicted octanol–water partition coefficient (Wildman–Crippen LogP) is 1.92. The monoisotopic (exact) mass is 373 g/mol. The zero-order valence-electron chi connectivity index (χ0n) is 14.8. The molecular weight excluding hydrogens is 350 g/mol. The molecule has 2 amide bonds. The Balaban J connectivity index is 1.71. The van der Waals surface area contributed by atoms with Gasteiger partial charge in [-0.05, 0) is 26.2 Å². The minimum absolute atomic E-state index is 0.0783. The first kappa shape index (κ1) is 18.4. The third-order valence-corrected chi connectivity index (χ3v) is 5.49. The molecule has 0 unspecified atom stereocenters. The largest absolute Gasteiger partial charge is 0.368 e. The molecule has 0 radical (unpaired) electrons. The number of nitrogens with two attached hydrogens (primary N) is 1. The number of primary amides is 1. The van der Waals surface area contributed by atoms with Gasteiger partial charge in [-0.3, -0.25) is 9.59 Å². The Kier molecular flexibility index (Phi) is 5.92. The van der Waals surface area contributed by atoms with E-state index < -0.39 is 11.9 Å². The van der Waals surface area contributed by atoms with E-state index in [-0.39, 0.29) is 11.7 Å². The van der Waals surface area contributed by atoms with Gasteiger partial charge in [-0.15, -0.1) is 10.2 Å². The van der Waals surface area contributed by atoms with Crippen LogP contribution in [0.1, 0.15) is 26.2 Å². The van der Waals surface area contributed by atoms with Crippen molar-refractivity contribution >= 4 is 23.6 Å². The number of likely N-dealkylation sites (tertiary alicyclic amines) is 1. The van der Waals surface area contributed by atoms with Crippen LogP contribution in [0.25, 0.3) is 11.4 Å². The number of thioether (sulfide) groups is 1. The number of rotatable bonds is 6. The van der Waals surface area contributed by atoms with Crippen LogP contribution in [0.3, 0.4) is 0 Å². The predicted molar refractivity (Wildman–Crippen MR) is 100 cm³/mol. The fourth-order valence-electron chi connectivity index (χ4n) is 3.22. The van der Waals surface area contributed by atoms with Gasteiger partial charge < -0.3 is 15.2 Å². The first-order chi connectivity index (χ1) is 12.6. The third-order valence-electron chi connectivity index (χ3n) is 4.54. The van der Waals surface area contributed by atoms with Crippen LogP contribution in [-0.4, -0.2) is 49.8 Å². The van der Waals surface area contributed by atoms with Crippen molar-refractivity contribution in [2.45, 2.75) is 43.9 Å². The molecule has 26 heavy (non-hydrogen) atoms. The van der Waals surface area contributed by atoms with E-state index in [1.54, 1.807) is 4.90 Å². The Morgan fingerprint density at radius 1 is 1.23 bits per heavy atom. The summed E-state index contributed by atoms with van der Waals surface area (Å²) in [7, 11) is 0. The summed E-state index contributed by atoms with van der Waals surface area (Å²) in [6.45, 7) is 3.32. The molecule has 138 valence electrons. The van der Waals surface area contributed by atoms with E-state index in [0.717, 1.165) is 24.2 Å². The molecule has 8 heteroatoms. The van der Waals surface area contributed by atoms with Gasteiger partial charge in [0.1, 0.15) is 6.04 Å². The van der Waals surface area contributed by atoms with Crippen LogP contribution in [0.5, 0.6) is 0 Å². The molecule has 2 N–H and O–H groups in total. The molecule has 1 aromatic heterocycles. The van der Waals surface area contributed by atoms with E-state index in [0.29, 0.717) is 24.7 Å². The summed E-state index contributed by atoms with van der Waals surface area (Å²) < 4.78 is 2.00. The van der Waals surface area contributed by atoms with Gasteiger partial charge >= 0.3 is 0 Å². The van der Waals surface area contributed by atoms with Crippen LogP contribution in [0, 0.1) is 0 Å². The van der Waals surface area contributed by atoms with Crippen molar-refractivity contribution in [2.24, 2.45) is 5.73 Å². The highest BCUT2D eigenvalue weighted by molar-refractivity contribution is 7.99. The van der Waals surface area contributed by atoms with E-state index >= 15 is 0 Å². The van der Waals surface area contributed by atoms with Crippen molar-refractivity contribution < 1.29 is 9.59 Å². The number of hydrogen-bond donors (Lipinski definition) is 1. The smallest absolute Gasteiger partial charge is 0.240 e. The summed E-state index contributed by atoms with van der Waals surface area (Å²) >= 11 is 1.35. The van der Waals surface area contributed by atoms with Gasteiger partial charge in [0, 0.05) is 18.7 Å². The van der Waals surface area contributed by atoms with Crippen molar-refractivity contribution in [1.29, 1.82) is 0 Å². The Bertz CT molecular complexity index is 777. The van der Waals surface area contributed by atoms with E-state index in [2.05, 4.69) is 10.2 Å². The minimum Gasteiger partial charge on any atom is -0.368 e. The second-order valence-electron chi connectivity index (χ2n) is 6.21. The van der Waals surface area contributed by atoms with Crippen LogP contribution in [0.15, 0.2) is 35.5 Å². The maximum Gasteiger partial charge on any atom is 0.240 e. The first-order valence-corrected chi connectivity index (χ1v) is 9.80. The summed E-state index contributed by atoms with van der Waals surface area (Å²) in [5.41, 5.74) is 6.44. The zero-order chi connectivity index (χ0) is 18.5. The van der Waals surface area contributed by atoms with Gasteiger partial charge in [0.15, 0.2) is 11.0 Å². The van der Waals surface area contributed by atoms with Gasteiger partial charge in [0.2, 0.25) is 11.8 Å². The molecule has 1 aliphatic heterocycles. The summed E-state index contributed by atoms with van der Waals surface area (Å²) in [5, 5.41) is 9.23. The van der Waals surface area contributed by atoms with E-state index in [9.17, 15) is 9.59 Å². The van der Waals surface area contributed by atoms with Crippen LogP contribution in [-0.2, 0) is 16.1 Å². The standard InChI is InChI=1S/C18H23N5O2S/c1-2-22-17(13-8-4-3-5-9-13)20-21-18(22)26-12-15(24)23-11-7-6-10-14(23)16(19)25/h3-5,8-9,14H,2,6-7,10-12H2,1H3,(H2,19,25)/t14-/m0/s1. The van der Waals surface area contributed by atoms with Crippen molar-refractivity contribution in [3.05, 3.63) is 30.3 Å². The first-order valence-electron chi connectivity index (χ1n) is 8.82. The van der Waals surface area contributed by atoms with Crippen LogP contribution >= 0.6 is 11.8 Å². The Labute approximate surface area is 157 Å². The number of nitrogens with zero attached hydrogens (tertiary/aromatic N) is 4. The molecule has 2 heterocycles. The lowest BCUT2D eigenvalue weighted by Crippen LogP contribution is -2.51. The van der Waals surface area contributed by atoms with Gasteiger partial charge in [-0.2, -0.15) is 0 Å². The number of aromatic nitrogens is 3. The molecule has 2 aromatic rings. The molecule has 3 rings (SSSR count). The van der Waals surface area contributed by atoms with Gasteiger partial charge in [0.25, 0.3) is 0 Å². The molecule has 1 fully saturated rings. The number of carbonyl (C=O) groups excluding carboxylic acids is 2. The average molecular weight is 373 g/mol. The molecule has 1 aromatic carbocycles. The van der Waals surface area contributed by atoms with Crippen molar-refractivity contribution in [2.75, 3.05) is 12.3 Å². The van der Waals surface area contributed by atoms with E-state index in [1.165, 1.54) is 11.8 Å². The van der Waals surface area contributed by atoms with Gasteiger partial charge in [-0.1, -0.05) is 42.1 Å². The zero-order valence-corrected chi connectivity index (χ0v) is 15.6. The van der Waals surface area contributed by atoms with Crippen LogP contribution < -0.4 is 5.73 Å². The second kappa shape index (κ2) is 8.35.